The van der Waals surface area contributed by atoms with E-state index in [0.717, 1.165) is 25.7 Å². The number of fused-ring (bicyclic) bond motifs is 3. The van der Waals surface area contributed by atoms with Gasteiger partial charge in [-0.25, -0.2) is 0 Å². The summed E-state index contributed by atoms with van der Waals surface area (Å²) in [5.74, 6) is 0. The van der Waals surface area contributed by atoms with E-state index in [1.54, 1.807) is 0 Å². The predicted molar refractivity (Wildman–Crippen MR) is 121 cm³/mol. The molecular formula is C22H20Br2N2O. The Kier molecular flexibility index (Phi) is 5.26. The largest absolute Gasteiger partial charge is 0.389 e. The highest BCUT2D eigenvalue weighted by Crippen LogP contribution is 2.33. The molecule has 0 unspecified atom stereocenters. The zero-order valence-electron chi connectivity index (χ0n) is 14.9. The van der Waals surface area contributed by atoms with Gasteiger partial charge in [-0.3, -0.25) is 0 Å². The van der Waals surface area contributed by atoms with Crippen LogP contribution in [0.15, 0.2) is 69.6 Å². The zero-order chi connectivity index (χ0) is 19.0. The molecule has 5 heteroatoms. The third-order valence-electron chi connectivity index (χ3n) is 4.78. The lowest BCUT2D eigenvalue weighted by atomic mass is 10.2. The number of aliphatic hydroxyl groups is 1. The molecule has 1 atom stereocenters. The first-order valence-electron chi connectivity index (χ1n) is 8.87. The molecule has 3 aromatic carbocycles. The number of anilines is 1. The van der Waals surface area contributed by atoms with Gasteiger partial charge < -0.3 is 15.0 Å². The van der Waals surface area contributed by atoms with Crippen molar-refractivity contribution >= 4 is 59.4 Å². The Balaban J connectivity index is 1.63. The van der Waals surface area contributed by atoms with Gasteiger partial charge in [-0.15, -0.1) is 0 Å². The fourth-order valence-corrected chi connectivity index (χ4v) is 4.15. The lowest BCUT2D eigenvalue weighted by Gasteiger charge is -2.16. The van der Waals surface area contributed by atoms with Crippen molar-refractivity contribution in [2.45, 2.75) is 19.6 Å². The smallest absolute Gasteiger partial charge is 0.0891 e. The minimum atomic E-state index is -0.502. The summed E-state index contributed by atoms with van der Waals surface area (Å²) in [4.78, 5) is 0. The Morgan fingerprint density at radius 3 is 2.00 bits per heavy atom. The maximum absolute atomic E-state index is 10.7. The first-order valence-corrected chi connectivity index (χ1v) is 10.5. The molecule has 0 amide bonds. The highest BCUT2D eigenvalue weighted by Gasteiger charge is 2.14. The van der Waals surface area contributed by atoms with Crippen LogP contribution in [-0.2, 0) is 6.54 Å². The predicted octanol–water partition coefficient (Wildman–Crippen LogP) is 6.10. The normalized spacial score (nSPS) is 12.6. The van der Waals surface area contributed by atoms with Crippen LogP contribution in [0.4, 0.5) is 5.69 Å². The SMILES string of the molecule is Cc1ccc(NC[C@H](O)Cn2c3ccc(Br)cc3c3cc(Br)ccc32)cc1. The molecule has 0 bridgehead atoms. The molecule has 27 heavy (non-hydrogen) atoms. The molecule has 4 aromatic rings. The van der Waals surface area contributed by atoms with Gasteiger partial charge in [0.2, 0.25) is 0 Å². The molecule has 0 saturated heterocycles. The number of benzene rings is 3. The third kappa shape index (κ3) is 3.91. The van der Waals surface area contributed by atoms with Gasteiger partial charge in [0.1, 0.15) is 0 Å². The Hall–Kier alpha value is -1.82. The monoisotopic (exact) mass is 486 g/mol. The van der Waals surface area contributed by atoms with Crippen molar-refractivity contribution < 1.29 is 5.11 Å². The van der Waals surface area contributed by atoms with E-state index in [1.807, 2.05) is 24.3 Å². The van der Waals surface area contributed by atoms with Crippen molar-refractivity contribution in [2.75, 3.05) is 11.9 Å². The summed E-state index contributed by atoms with van der Waals surface area (Å²) >= 11 is 7.14. The van der Waals surface area contributed by atoms with Crippen molar-refractivity contribution in [3.05, 3.63) is 75.2 Å². The van der Waals surface area contributed by atoms with Crippen LogP contribution in [0.3, 0.4) is 0 Å². The molecule has 2 N–H and O–H groups in total. The molecule has 0 aliphatic carbocycles. The quantitative estimate of drug-likeness (QED) is 0.356. The highest BCUT2D eigenvalue weighted by molar-refractivity contribution is 9.10. The number of nitrogens with one attached hydrogen (secondary N) is 1. The number of aryl methyl sites for hydroxylation is 1. The topological polar surface area (TPSA) is 37.2 Å². The van der Waals surface area contributed by atoms with Gasteiger partial charge in [0, 0.05) is 43.0 Å². The van der Waals surface area contributed by atoms with E-state index in [2.05, 4.69) is 85.1 Å². The molecule has 4 rings (SSSR count). The highest BCUT2D eigenvalue weighted by atomic mass is 79.9. The van der Waals surface area contributed by atoms with Crippen LogP contribution in [0, 0.1) is 6.92 Å². The van der Waals surface area contributed by atoms with Crippen LogP contribution in [-0.4, -0.2) is 22.3 Å². The van der Waals surface area contributed by atoms with Gasteiger partial charge in [0.15, 0.2) is 0 Å². The zero-order valence-corrected chi connectivity index (χ0v) is 18.1. The Labute approximate surface area is 175 Å². The molecule has 1 aromatic heterocycles. The van der Waals surface area contributed by atoms with Crippen molar-refractivity contribution in [3.63, 3.8) is 0 Å². The van der Waals surface area contributed by atoms with E-state index in [0.29, 0.717) is 13.1 Å². The van der Waals surface area contributed by atoms with E-state index >= 15 is 0 Å². The summed E-state index contributed by atoms with van der Waals surface area (Å²) in [6.45, 7) is 3.09. The van der Waals surface area contributed by atoms with Gasteiger partial charge in [0.05, 0.1) is 12.6 Å². The number of hydrogen-bond donors (Lipinski definition) is 2. The summed E-state index contributed by atoms with van der Waals surface area (Å²) in [7, 11) is 0. The maximum atomic E-state index is 10.7. The third-order valence-corrected chi connectivity index (χ3v) is 5.76. The number of nitrogens with zero attached hydrogens (tertiary/aromatic N) is 1. The minimum Gasteiger partial charge on any atom is -0.389 e. The number of hydrogen-bond acceptors (Lipinski definition) is 2. The number of aliphatic hydroxyl groups excluding tert-OH is 1. The van der Waals surface area contributed by atoms with Crippen LogP contribution in [0.1, 0.15) is 5.56 Å². The van der Waals surface area contributed by atoms with E-state index in [9.17, 15) is 5.11 Å². The maximum Gasteiger partial charge on any atom is 0.0891 e. The average molecular weight is 488 g/mol. The Morgan fingerprint density at radius 1 is 0.889 bits per heavy atom. The molecule has 0 radical (unpaired) electrons. The summed E-state index contributed by atoms with van der Waals surface area (Å²) in [5.41, 5.74) is 4.50. The van der Waals surface area contributed by atoms with Crippen LogP contribution >= 0.6 is 31.9 Å². The van der Waals surface area contributed by atoms with Gasteiger partial charge in [0.25, 0.3) is 0 Å². The van der Waals surface area contributed by atoms with Crippen LogP contribution in [0.5, 0.6) is 0 Å². The van der Waals surface area contributed by atoms with Gasteiger partial charge >= 0.3 is 0 Å². The van der Waals surface area contributed by atoms with Crippen LogP contribution in [0.2, 0.25) is 0 Å². The molecule has 0 spiro atoms. The Bertz CT molecular complexity index is 1040. The van der Waals surface area contributed by atoms with Crippen LogP contribution in [0.25, 0.3) is 21.8 Å². The fraction of sp³-hybridized carbons (Fsp3) is 0.182. The fourth-order valence-electron chi connectivity index (χ4n) is 3.43. The second kappa shape index (κ2) is 7.66. The number of aromatic nitrogens is 1. The Morgan fingerprint density at radius 2 is 1.44 bits per heavy atom. The standard InChI is InChI=1S/C22H20Br2N2O/c1-14-2-6-17(7-3-14)25-12-18(27)13-26-21-8-4-15(23)10-19(21)20-11-16(24)5-9-22(20)26/h2-11,18,25,27H,12-13H2,1H3/t18-/m0/s1. The lowest BCUT2D eigenvalue weighted by Crippen LogP contribution is -2.24. The summed E-state index contributed by atoms with van der Waals surface area (Å²) in [5, 5.41) is 16.3. The molecule has 138 valence electrons. The van der Waals surface area contributed by atoms with Crippen molar-refractivity contribution in [1.29, 1.82) is 0 Å². The van der Waals surface area contributed by atoms with Gasteiger partial charge in [-0.05, 0) is 55.5 Å². The van der Waals surface area contributed by atoms with E-state index < -0.39 is 6.10 Å². The first kappa shape index (κ1) is 18.5. The molecule has 1 heterocycles. The first-order chi connectivity index (χ1) is 13.0. The molecule has 0 saturated carbocycles. The lowest BCUT2D eigenvalue weighted by molar-refractivity contribution is 0.169. The van der Waals surface area contributed by atoms with E-state index in [4.69, 9.17) is 0 Å². The minimum absolute atomic E-state index is 0.497. The summed E-state index contributed by atoms with van der Waals surface area (Å²) < 4.78 is 4.30. The molecule has 3 nitrogen and oxygen atoms in total. The van der Waals surface area contributed by atoms with Gasteiger partial charge in [-0.1, -0.05) is 49.6 Å². The summed E-state index contributed by atoms with van der Waals surface area (Å²) in [6.07, 6.45) is -0.502. The number of rotatable bonds is 5. The van der Waals surface area contributed by atoms with Gasteiger partial charge in [-0.2, -0.15) is 0 Å². The van der Waals surface area contributed by atoms with E-state index in [-0.39, 0.29) is 0 Å². The number of halogens is 2. The summed E-state index contributed by atoms with van der Waals surface area (Å²) in [6, 6.07) is 20.8. The van der Waals surface area contributed by atoms with Crippen LogP contribution < -0.4 is 5.32 Å². The molecule has 0 aliphatic rings. The average Bonchev–Trinajstić information content (AvgIpc) is 2.94. The van der Waals surface area contributed by atoms with Crippen molar-refractivity contribution in [2.24, 2.45) is 0 Å². The van der Waals surface area contributed by atoms with Crippen molar-refractivity contribution in [3.8, 4) is 0 Å². The molecule has 0 aliphatic heterocycles. The molecule has 0 fully saturated rings. The second-order valence-corrected chi connectivity index (χ2v) is 8.67. The molecular weight excluding hydrogens is 468 g/mol. The van der Waals surface area contributed by atoms with E-state index in [1.165, 1.54) is 16.3 Å². The second-order valence-electron chi connectivity index (χ2n) is 6.83. The van der Waals surface area contributed by atoms with Crippen molar-refractivity contribution in [1.82, 2.24) is 4.57 Å².